The largest absolute Gasteiger partial charge is 0.489 e. The predicted octanol–water partition coefficient (Wildman–Crippen LogP) is 4.99. The fourth-order valence-corrected chi connectivity index (χ4v) is 4.91. The van der Waals surface area contributed by atoms with Crippen molar-refractivity contribution < 1.29 is 9.53 Å². The summed E-state index contributed by atoms with van der Waals surface area (Å²) in [7, 11) is 0. The normalized spacial score (nSPS) is 14.3. The van der Waals surface area contributed by atoms with Gasteiger partial charge in [-0.25, -0.2) is 0 Å². The van der Waals surface area contributed by atoms with E-state index >= 15 is 0 Å². The number of carbonyl (C=O) groups is 1. The third-order valence-corrected chi connectivity index (χ3v) is 7.04. The van der Waals surface area contributed by atoms with Gasteiger partial charge in [0.25, 0.3) is 0 Å². The van der Waals surface area contributed by atoms with Crippen LogP contribution >= 0.6 is 0 Å². The summed E-state index contributed by atoms with van der Waals surface area (Å²) >= 11 is 0. The average molecular weight is 483 g/mol. The molecule has 2 heterocycles. The van der Waals surface area contributed by atoms with E-state index in [4.69, 9.17) is 10.5 Å². The Morgan fingerprint density at radius 1 is 0.917 bits per heavy atom. The molecule has 186 valence electrons. The number of nitrogens with one attached hydrogen (secondary N) is 1. The molecule has 6 nitrogen and oxygen atoms in total. The molecule has 5 rings (SSSR count). The fraction of sp³-hybridized carbons (Fsp3) is 0.300. The molecule has 0 unspecified atom stereocenters. The van der Waals surface area contributed by atoms with Crippen LogP contribution in [0.1, 0.15) is 34.3 Å². The molecule has 3 aromatic carbocycles. The van der Waals surface area contributed by atoms with Gasteiger partial charge in [-0.2, -0.15) is 0 Å². The van der Waals surface area contributed by atoms with Gasteiger partial charge in [0.15, 0.2) is 0 Å². The van der Waals surface area contributed by atoms with Gasteiger partial charge in [-0.15, -0.1) is 0 Å². The van der Waals surface area contributed by atoms with Gasteiger partial charge in [-0.1, -0.05) is 30.3 Å². The number of unbranched alkanes of at least 4 members (excludes halogenated alkanes) is 1. The number of aromatic nitrogens is 1. The minimum absolute atomic E-state index is 0.379. The molecule has 0 spiro atoms. The molecular formula is C30H34N4O2. The van der Waals surface area contributed by atoms with Crippen molar-refractivity contribution in [1.29, 1.82) is 0 Å². The summed E-state index contributed by atoms with van der Waals surface area (Å²) in [6, 6.07) is 24.3. The third-order valence-electron chi connectivity index (χ3n) is 7.04. The van der Waals surface area contributed by atoms with E-state index in [0.717, 1.165) is 68.6 Å². The lowest BCUT2D eigenvalue weighted by Gasteiger charge is -2.36. The van der Waals surface area contributed by atoms with Gasteiger partial charge in [0.1, 0.15) is 12.4 Å². The van der Waals surface area contributed by atoms with Crippen LogP contribution in [0.5, 0.6) is 5.75 Å². The highest BCUT2D eigenvalue weighted by Crippen LogP contribution is 2.23. The number of hydrogen-bond acceptors (Lipinski definition) is 4. The Morgan fingerprint density at radius 3 is 2.44 bits per heavy atom. The lowest BCUT2D eigenvalue weighted by atomic mass is 10.0. The number of piperazine rings is 1. The van der Waals surface area contributed by atoms with Crippen molar-refractivity contribution in [3.63, 3.8) is 0 Å². The van der Waals surface area contributed by atoms with Gasteiger partial charge in [-0.3, -0.25) is 9.69 Å². The Bertz CT molecular complexity index is 1280. The number of ether oxygens (including phenoxy) is 1. The van der Waals surface area contributed by atoms with E-state index < -0.39 is 0 Å². The number of primary amides is 1. The Hall–Kier alpha value is -3.77. The summed E-state index contributed by atoms with van der Waals surface area (Å²) < 4.78 is 5.92. The molecule has 0 radical (unpaired) electrons. The van der Waals surface area contributed by atoms with Crippen molar-refractivity contribution in [3.05, 3.63) is 95.7 Å². The van der Waals surface area contributed by atoms with Crippen LogP contribution in [-0.4, -0.2) is 48.5 Å². The highest BCUT2D eigenvalue weighted by Gasteiger charge is 2.17. The second kappa shape index (κ2) is 11.3. The van der Waals surface area contributed by atoms with Crippen LogP contribution in [0, 0.1) is 0 Å². The number of benzene rings is 3. The first-order valence-corrected chi connectivity index (χ1v) is 12.8. The van der Waals surface area contributed by atoms with E-state index in [1.807, 2.05) is 30.3 Å². The number of aryl methyl sites for hydroxylation is 1. The number of carbonyl (C=O) groups excluding carboxylic acids is 1. The van der Waals surface area contributed by atoms with Crippen molar-refractivity contribution >= 4 is 22.5 Å². The molecule has 1 aliphatic rings. The van der Waals surface area contributed by atoms with Crippen LogP contribution < -0.4 is 15.4 Å². The van der Waals surface area contributed by atoms with E-state index in [1.165, 1.54) is 16.8 Å². The zero-order chi connectivity index (χ0) is 24.7. The fourth-order valence-electron chi connectivity index (χ4n) is 4.91. The Kier molecular flexibility index (Phi) is 7.52. The summed E-state index contributed by atoms with van der Waals surface area (Å²) in [4.78, 5) is 19.8. The molecule has 1 aliphatic heterocycles. The zero-order valence-electron chi connectivity index (χ0n) is 20.7. The van der Waals surface area contributed by atoms with Crippen LogP contribution in [0.25, 0.3) is 10.9 Å². The highest BCUT2D eigenvalue weighted by atomic mass is 16.5. The maximum absolute atomic E-state index is 11.5. The molecule has 0 bridgehead atoms. The van der Waals surface area contributed by atoms with Gasteiger partial charge < -0.3 is 20.4 Å². The van der Waals surface area contributed by atoms with E-state index in [-0.39, 0.29) is 5.91 Å². The third kappa shape index (κ3) is 5.89. The van der Waals surface area contributed by atoms with Crippen molar-refractivity contribution in [2.45, 2.75) is 25.9 Å². The average Bonchev–Trinajstić information content (AvgIpc) is 3.33. The molecule has 36 heavy (non-hydrogen) atoms. The second-order valence-electron chi connectivity index (χ2n) is 9.49. The maximum Gasteiger partial charge on any atom is 0.248 e. The monoisotopic (exact) mass is 482 g/mol. The summed E-state index contributed by atoms with van der Waals surface area (Å²) in [5.41, 5.74) is 10.8. The number of aromatic amines is 1. The maximum atomic E-state index is 11.5. The molecule has 1 saturated heterocycles. The van der Waals surface area contributed by atoms with E-state index in [0.29, 0.717) is 12.2 Å². The van der Waals surface area contributed by atoms with Gasteiger partial charge in [0.05, 0.1) is 0 Å². The van der Waals surface area contributed by atoms with Gasteiger partial charge >= 0.3 is 0 Å². The summed E-state index contributed by atoms with van der Waals surface area (Å²) in [6.07, 6.45) is 5.35. The second-order valence-corrected chi connectivity index (χ2v) is 9.49. The molecule has 6 heteroatoms. The molecule has 3 N–H and O–H groups in total. The number of amides is 1. The smallest absolute Gasteiger partial charge is 0.248 e. The number of H-pyrrole nitrogens is 1. The minimum atomic E-state index is -0.379. The summed E-state index contributed by atoms with van der Waals surface area (Å²) in [5.74, 6) is 0.526. The first kappa shape index (κ1) is 23.9. The number of rotatable bonds is 10. The van der Waals surface area contributed by atoms with Crippen LogP contribution in [0.2, 0.25) is 0 Å². The lowest BCUT2D eigenvalue weighted by Crippen LogP contribution is -2.46. The van der Waals surface area contributed by atoms with Crippen LogP contribution in [0.3, 0.4) is 0 Å². The quantitative estimate of drug-likeness (QED) is 0.312. The lowest BCUT2D eigenvalue weighted by molar-refractivity contribution is 0.100. The molecular weight excluding hydrogens is 448 g/mol. The number of hydrogen-bond donors (Lipinski definition) is 2. The molecule has 0 atom stereocenters. The van der Waals surface area contributed by atoms with Crippen molar-refractivity contribution in [2.24, 2.45) is 5.73 Å². The molecule has 1 aromatic heterocycles. The highest BCUT2D eigenvalue weighted by molar-refractivity contribution is 5.97. The van der Waals surface area contributed by atoms with E-state index in [9.17, 15) is 4.79 Å². The first-order chi connectivity index (χ1) is 17.7. The van der Waals surface area contributed by atoms with Crippen molar-refractivity contribution in [2.75, 3.05) is 37.6 Å². The number of fused-ring (bicyclic) bond motifs is 1. The van der Waals surface area contributed by atoms with Gasteiger partial charge in [0, 0.05) is 54.5 Å². The van der Waals surface area contributed by atoms with Crippen LogP contribution in [-0.2, 0) is 13.0 Å². The molecule has 1 amide bonds. The van der Waals surface area contributed by atoms with Gasteiger partial charge in [0.2, 0.25) is 5.91 Å². The first-order valence-electron chi connectivity index (χ1n) is 12.8. The molecule has 4 aromatic rings. The molecule has 0 aliphatic carbocycles. The Labute approximate surface area is 212 Å². The molecule has 0 saturated carbocycles. The number of nitrogens with zero attached hydrogens (tertiary/aromatic N) is 2. The number of anilines is 1. The van der Waals surface area contributed by atoms with Crippen LogP contribution in [0.15, 0.2) is 79.0 Å². The van der Waals surface area contributed by atoms with Crippen molar-refractivity contribution in [1.82, 2.24) is 9.88 Å². The Balaban J connectivity index is 1.04. The van der Waals surface area contributed by atoms with E-state index in [1.54, 1.807) is 6.07 Å². The zero-order valence-corrected chi connectivity index (χ0v) is 20.7. The minimum Gasteiger partial charge on any atom is -0.489 e. The summed E-state index contributed by atoms with van der Waals surface area (Å²) in [5, 5.41) is 1.11. The van der Waals surface area contributed by atoms with E-state index in [2.05, 4.69) is 57.4 Å². The summed E-state index contributed by atoms with van der Waals surface area (Å²) in [6.45, 7) is 5.97. The predicted molar refractivity (Wildman–Crippen MR) is 146 cm³/mol. The van der Waals surface area contributed by atoms with Crippen molar-refractivity contribution in [3.8, 4) is 5.75 Å². The molecule has 1 fully saturated rings. The topological polar surface area (TPSA) is 74.6 Å². The van der Waals surface area contributed by atoms with Crippen LogP contribution in [0.4, 0.5) is 5.69 Å². The Morgan fingerprint density at radius 2 is 1.69 bits per heavy atom. The SMILES string of the molecule is NC(=O)c1ccc2[nH]cc(CCCCN3CCN(c4ccc(OCc5ccccc5)cc4)CC3)c2c1. The standard InChI is InChI=1S/C30H34N4O2/c31-30(35)24-9-14-29-28(20-24)25(21-32-29)8-4-5-15-33-16-18-34(19-17-33)26-10-12-27(13-11-26)36-22-23-6-2-1-3-7-23/h1-3,6-7,9-14,20-21,32H,4-5,8,15-19,22H2,(H2,31,35). The number of nitrogens with two attached hydrogens (primary N) is 1. The van der Waals surface area contributed by atoms with Gasteiger partial charge in [-0.05, 0) is 79.4 Å².